The standard InChI is InChI=1S/C12H20N2O3S/c1-3-14(4-2)18(15,16)9-8-17-12-7-5-6-11(13)10-12/h5-7,10H,3-4,8-9,13H2,1-2H3. The maximum atomic E-state index is 11.9. The Morgan fingerprint density at radius 1 is 1.28 bits per heavy atom. The second-order valence-corrected chi connectivity index (χ2v) is 5.91. The van der Waals surface area contributed by atoms with Gasteiger partial charge in [0, 0.05) is 24.8 Å². The summed E-state index contributed by atoms with van der Waals surface area (Å²) in [4.78, 5) is 0. The van der Waals surface area contributed by atoms with E-state index in [0.29, 0.717) is 24.5 Å². The number of sulfonamides is 1. The summed E-state index contributed by atoms with van der Waals surface area (Å²) in [7, 11) is -3.23. The van der Waals surface area contributed by atoms with Crippen LogP contribution in [0.25, 0.3) is 0 Å². The van der Waals surface area contributed by atoms with Gasteiger partial charge in [-0.3, -0.25) is 0 Å². The Labute approximate surface area is 109 Å². The summed E-state index contributed by atoms with van der Waals surface area (Å²) in [6.07, 6.45) is 0. The van der Waals surface area contributed by atoms with Gasteiger partial charge in [-0.2, -0.15) is 0 Å². The largest absolute Gasteiger partial charge is 0.492 e. The molecule has 0 aliphatic carbocycles. The van der Waals surface area contributed by atoms with Crippen LogP contribution in [0.3, 0.4) is 0 Å². The van der Waals surface area contributed by atoms with E-state index in [1.54, 1.807) is 24.3 Å². The topological polar surface area (TPSA) is 72.6 Å². The molecule has 0 saturated carbocycles. The van der Waals surface area contributed by atoms with Crippen LogP contribution in [0.1, 0.15) is 13.8 Å². The van der Waals surface area contributed by atoms with Crippen molar-refractivity contribution in [2.24, 2.45) is 0 Å². The first-order valence-corrected chi connectivity index (χ1v) is 7.56. The Kier molecular flexibility index (Phi) is 5.43. The molecule has 1 aromatic rings. The van der Waals surface area contributed by atoms with E-state index in [4.69, 9.17) is 10.5 Å². The SMILES string of the molecule is CCN(CC)S(=O)(=O)CCOc1cccc(N)c1. The van der Waals surface area contributed by atoms with Crippen LogP contribution in [-0.2, 0) is 10.0 Å². The van der Waals surface area contributed by atoms with Gasteiger partial charge in [0.1, 0.15) is 12.4 Å². The summed E-state index contributed by atoms with van der Waals surface area (Å²) in [5, 5.41) is 0. The van der Waals surface area contributed by atoms with Gasteiger partial charge in [0.2, 0.25) is 10.0 Å². The fourth-order valence-electron chi connectivity index (χ4n) is 1.62. The van der Waals surface area contributed by atoms with Crippen LogP contribution >= 0.6 is 0 Å². The highest BCUT2D eigenvalue weighted by atomic mass is 32.2. The molecule has 0 aromatic heterocycles. The van der Waals surface area contributed by atoms with Gasteiger partial charge in [0.15, 0.2) is 0 Å². The molecule has 0 atom stereocenters. The number of rotatable bonds is 7. The summed E-state index contributed by atoms with van der Waals surface area (Å²) in [6, 6.07) is 6.94. The van der Waals surface area contributed by atoms with Crippen LogP contribution in [0.5, 0.6) is 5.75 Å². The van der Waals surface area contributed by atoms with Crippen molar-refractivity contribution in [2.45, 2.75) is 13.8 Å². The second kappa shape index (κ2) is 6.61. The third-order valence-corrected chi connectivity index (χ3v) is 4.55. The number of nitrogens with zero attached hydrogens (tertiary/aromatic N) is 1. The van der Waals surface area contributed by atoms with Crippen molar-refractivity contribution in [2.75, 3.05) is 31.2 Å². The molecule has 0 saturated heterocycles. The van der Waals surface area contributed by atoms with Crippen molar-refractivity contribution in [1.29, 1.82) is 0 Å². The zero-order valence-electron chi connectivity index (χ0n) is 10.8. The van der Waals surface area contributed by atoms with E-state index in [2.05, 4.69) is 0 Å². The van der Waals surface area contributed by atoms with Crippen LogP contribution in [0.2, 0.25) is 0 Å². The number of nitrogen functional groups attached to an aromatic ring is 1. The lowest BCUT2D eigenvalue weighted by atomic mass is 10.3. The number of hydrogen-bond donors (Lipinski definition) is 1. The van der Waals surface area contributed by atoms with Gasteiger partial charge in [0.25, 0.3) is 0 Å². The van der Waals surface area contributed by atoms with Gasteiger partial charge >= 0.3 is 0 Å². The number of ether oxygens (including phenoxy) is 1. The Bertz CT molecular complexity index is 470. The van der Waals surface area contributed by atoms with Crippen LogP contribution in [0, 0.1) is 0 Å². The minimum atomic E-state index is -3.23. The third kappa shape index (κ3) is 4.19. The minimum absolute atomic E-state index is 0.0243. The lowest BCUT2D eigenvalue weighted by Gasteiger charge is -2.18. The molecule has 0 heterocycles. The monoisotopic (exact) mass is 272 g/mol. The molecule has 0 bridgehead atoms. The van der Waals surface area contributed by atoms with Crippen molar-refractivity contribution in [1.82, 2.24) is 4.31 Å². The first-order chi connectivity index (χ1) is 8.49. The first kappa shape index (κ1) is 14.8. The zero-order valence-corrected chi connectivity index (χ0v) is 11.6. The Morgan fingerprint density at radius 2 is 1.94 bits per heavy atom. The molecule has 0 amide bonds. The number of anilines is 1. The molecule has 0 fully saturated rings. The summed E-state index contributed by atoms with van der Waals surface area (Å²) < 4.78 is 30.5. The summed E-state index contributed by atoms with van der Waals surface area (Å²) in [5.74, 6) is 0.563. The van der Waals surface area contributed by atoms with Gasteiger partial charge < -0.3 is 10.5 Å². The average Bonchev–Trinajstić information content (AvgIpc) is 2.30. The Balaban J connectivity index is 2.51. The Hall–Kier alpha value is -1.27. The van der Waals surface area contributed by atoms with Gasteiger partial charge in [-0.25, -0.2) is 12.7 Å². The molecule has 0 aliphatic heterocycles. The lowest BCUT2D eigenvalue weighted by Crippen LogP contribution is -2.34. The summed E-state index contributed by atoms with van der Waals surface area (Å²) in [6.45, 7) is 4.73. The fraction of sp³-hybridized carbons (Fsp3) is 0.500. The molecule has 0 unspecified atom stereocenters. The highest BCUT2D eigenvalue weighted by Crippen LogP contribution is 2.14. The number of hydrogen-bond acceptors (Lipinski definition) is 4. The van der Waals surface area contributed by atoms with Crippen LogP contribution < -0.4 is 10.5 Å². The molecule has 2 N–H and O–H groups in total. The molecule has 0 radical (unpaired) electrons. The number of benzene rings is 1. The van der Waals surface area contributed by atoms with Gasteiger partial charge in [-0.1, -0.05) is 19.9 Å². The van der Waals surface area contributed by atoms with Crippen molar-refractivity contribution >= 4 is 15.7 Å². The molecule has 1 aromatic carbocycles. The van der Waals surface area contributed by atoms with Gasteiger partial charge in [0.05, 0.1) is 5.75 Å². The molecule has 0 aliphatic rings. The molecule has 18 heavy (non-hydrogen) atoms. The predicted octanol–water partition coefficient (Wildman–Crippen LogP) is 1.32. The summed E-state index contributed by atoms with van der Waals surface area (Å²) in [5.41, 5.74) is 6.20. The second-order valence-electron chi connectivity index (χ2n) is 3.82. The first-order valence-electron chi connectivity index (χ1n) is 5.95. The highest BCUT2D eigenvalue weighted by Gasteiger charge is 2.18. The van der Waals surface area contributed by atoms with Crippen molar-refractivity contribution in [3.63, 3.8) is 0 Å². The van der Waals surface area contributed by atoms with E-state index in [-0.39, 0.29) is 12.4 Å². The molecular weight excluding hydrogens is 252 g/mol. The van der Waals surface area contributed by atoms with E-state index in [0.717, 1.165) is 0 Å². The maximum absolute atomic E-state index is 11.9. The average molecular weight is 272 g/mol. The van der Waals surface area contributed by atoms with Crippen LogP contribution in [0.4, 0.5) is 5.69 Å². The molecule has 6 heteroatoms. The lowest BCUT2D eigenvalue weighted by molar-refractivity contribution is 0.336. The highest BCUT2D eigenvalue weighted by molar-refractivity contribution is 7.89. The van der Waals surface area contributed by atoms with Crippen molar-refractivity contribution < 1.29 is 13.2 Å². The molecular formula is C12H20N2O3S. The zero-order chi connectivity index (χ0) is 13.6. The van der Waals surface area contributed by atoms with E-state index in [1.807, 2.05) is 13.8 Å². The predicted molar refractivity (Wildman–Crippen MR) is 73.1 cm³/mol. The van der Waals surface area contributed by atoms with Gasteiger partial charge in [-0.05, 0) is 12.1 Å². The van der Waals surface area contributed by atoms with Crippen LogP contribution in [0.15, 0.2) is 24.3 Å². The minimum Gasteiger partial charge on any atom is -0.492 e. The van der Waals surface area contributed by atoms with Crippen molar-refractivity contribution in [3.05, 3.63) is 24.3 Å². The molecule has 0 spiro atoms. The molecule has 1 rings (SSSR count). The normalized spacial score (nSPS) is 11.7. The molecule has 5 nitrogen and oxygen atoms in total. The van der Waals surface area contributed by atoms with E-state index < -0.39 is 10.0 Å². The number of nitrogens with two attached hydrogens (primary N) is 1. The smallest absolute Gasteiger partial charge is 0.217 e. The third-order valence-electron chi connectivity index (χ3n) is 2.57. The van der Waals surface area contributed by atoms with E-state index in [1.165, 1.54) is 4.31 Å². The van der Waals surface area contributed by atoms with Crippen molar-refractivity contribution in [3.8, 4) is 5.75 Å². The Morgan fingerprint density at radius 3 is 2.50 bits per heavy atom. The quantitative estimate of drug-likeness (QED) is 0.760. The maximum Gasteiger partial charge on any atom is 0.217 e. The van der Waals surface area contributed by atoms with E-state index >= 15 is 0 Å². The summed E-state index contributed by atoms with van der Waals surface area (Å²) >= 11 is 0. The van der Waals surface area contributed by atoms with E-state index in [9.17, 15) is 8.42 Å². The fourth-order valence-corrected chi connectivity index (χ4v) is 2.95. The molecule has 102 valence electrons. The van der Waals surface area contributed by atoms with Crippen LogP contribution in [-0.4, -0.2) is 38.2 Å². The van der Waals surface area contributed by atoms with Gasteiger partial charge in [-0.15, -0.1) is 0 Å².